The molecule has 4 N–H and O–H groups in total. The topological polar surface area (TPSA) is 93.5 Å². The molecule has 1 aliphatic carbocycles. The van der Waals surface area contributed by atoms with E-state index < -0.39 is 0 Å². The first-order valence-corrected chi connectivity index (χ1v) is 5.92. The molecule has 0 aromatic heterocycles. The van der Waals surface area contributed by atoms with E-state index in [0.717, 1.165) is 19.3 Å². The number of carbonyl (C=O) groups is 2. The summed E-state index contributed by atoms with van der Waals surface area (Å²) in [5.74, 6) is -0.297. The normalized spacial score (nSPS) is 23.4. The second-order valence-corrected chi connectivity index (χ2v) is 4.33. The Balaban J connectivity index is 2.13. The van der Waals surface area contributed by atoms with E-state index in [-0.39, 0.29) is 30.3 Å². The number of hydrogen-bond donors (Lipinski definition) is 3. The molecule has 0 bridgehead atoms. The van der Waals surface area contributed by atoms with Crippen molar-refractivity contribution < 1.29 is 14.3 Å². The average Bonchev–Trinajstić information content (AvgIpc) is 2.73. The van der Waals surface area contributed by atoms with Gasteiger partial charge in [-0.2, -0.15) is 0 Å². The molecule has 1 rings (SSSR count). The number of carbonyl (C=O) groups excluding carboxylic acids is 2. The van der Waals surface area contributed by atoms with E-state index in [9.17, 15) is 9.59 Å². The Morgan fingerprint density at radius 1 is 1.35 bits per heavy atom. The fourth-order valence-electron chi connectivity index (χ4n) is 1.92. The molecule has 1 fully saturated rings. The lowest BCUT2D eigenvalue weighted by atomic mass is 10.1. The second kappa shape index (κ2) is 7.24. The van der Waals surface area contributed by atoms with Crippen LogP contribution in [0, 0.1) is 5.92 Å². The molecule has 2 amide bonds. The minimum Gasteiger partial charge on any atom is -0.383 e. The van der Waals surface area contributed by atoms with E-state index in [0.29, 0.717) is 13.2 Å². The van der Waals surface area contributed by atoms with Gasteiger partial charge in [-0.25, -0.2) is 0 Å². The van der Waals surface area contributed by atoms with Crippen molar-refractivity contribution in [3.63, 3.8) is 0 Å². The van der Waals surface area contributed by atoms with Crippen molar-refractivity contribution in [3.8, 4) is 0 Å². The molecule has 0 aromatic carbocycles. The Labute approximate surface area is 101 Å². The van der Waals surface area contributed by atoms with Gasteiger partial charge in [0.2, 0.25) is 11.8 Å². The van der Waals surface area contributed by atoms with Crippen LogP contribution in [0.5, 0.6) is 0 Å². The number of amides is 2. The predicted octanol–water partition coefficient (Wildman–Crippen LogP) is -1.01. The molecule has 0 spiro atoms. The van der Waals surface area contributed by atoms with Crippen LogP contribution in [0.1, 0.15) is 19.3 Å². The predicted molar refractivity (Wildman–Crippen MR) is 63.2 cm³/mol. The van der Waals surface area contributed by atoms with Crippen LogP contribution in [0.25, 0.3) is 0 Å². The minimum atomic E-state index is -0.197. The molecule has 1 saturated carbocycles. The van der Waals surface area contributed by atoms with Crippen LogP contribution in [-0.2, 0) is 14.3 Å². The van der Waals surface area contributed by atoms with Crippen LogP contribution in [0.2, 0.25) is 0 Å². The maximum Gasteiger partial charge on any atom is 0.239 e. The molecule has 0 heterocycles. The number of ether oxygens (including phenoxy) is 1. The summed E-state index contributed by atoms with van der Waals surface area (Å²) < 4.78 is 4.79. The van der Waals surface area contributed by atoms with Crippen LogP contribution < -0.4 is 16.4 Å². The molecule has 2 unspecified atom stereocenters. The highest BCUT2D eigenvalue weighted by atomic mass is 16.5. The third-order valence-electron chi connectivity index (χ3n) is 2.90. The van der Waals surface area contributed by atoms with E-state index in [1.54, 1.807) is 7.11 Å². The van der Waals surface area contributed by atoms with E-state index in [1.807, 2.05) is 0 Å². The number of nitrogens with two attached hydrogens (primary N) is 1. The average molecular weight is 243 g/mol. The maximum absolute atomic E-state index is 11.7. The molecule has 0 radical (unpaired) electrons. The Morgan fingerprint density at radius 3 is 2.71 bits per heavy atom. The van der Waals surface area contributed by atoms with Gasteiger partial charge in [0.15, 0.2) is 0 Å². The Morgan fingerprint density at radius 2 is 2.12 bits per heavy atom. The summed E-state index contributed by atoms with van der Waals surface area (Å²) in [6, 6.07) is 0.126. The Hall–Kier alpha value is -1.14. The lowest BCUT2D eigenvalue weighted by Crippen LogP contribution is -2.40. The maximum atomic E-state index is 11.7. The molecule has 17 heavy (non-hydrogen) atoms. The summed E-state index contributed by atoms with van der Waals surface area (Å²) >= 11 is 0. The first kappa shape index (κ1) is 13.9. The molecule has 6 heteroatoms. The highest BCUT2D eigenvalue weighted by molar-refractivity contribution is 5.85. The third kappa shape index (κ3) is 5.14. The molecular weight excluding hydrogens is 222 g/mol. The molecule has 1 aliphatic rings. The van der Waals surface area contributed by atoms with Crippen molar-refractivity contribution in [2.75, 3.05) is 26.8 Å². The number of hydrogen-bond acceptors (Lipinski definition) is 4. The molecule has 98 valence electrons. The van der Waals surface area contributed by atoms with Crippen LogP contribution in [0.3, 0.4) is 0 Å². The van der Waals surface area contributed by atoms with Crippen molar-refractivity contribution >= 4 is 11.8 Å². The van der Waals surface area contributed by atoms with E-state index in [2.05, 4.69) is 10.6 Å². The van der Waals surface area contributed by atoms with Crippen molar-refractivity contribution in [2.24, 2.45) is 11.7 Å². The lowest BCUT2D eigenvalue weighted by Gasteiger charge is -2.10. The van der Waals surface area contributed by atoms with Gasteiger partial charge in [0.05, 0.1) is 13.2 Å². The fourth-order valence-corrected chi connectivity index (χ4v) is 1.92. The minimum absolute atomic E-state index is 0.0221. The van der Waals surface area contributed by atoms with Crippen molar-refractivity contribution in [3.05, 3.63) is 0 Å². The van der Waals surface area contributed by atoms with Gasteiger partial charge in [0.1, 0.15) is 0 Å². The van der Waals surface area contributed by atoms with Gasteiger partial charge in [-0.3, -0.25) is 9.59 Å². The first-order chi connectivity index (χ1) is 8.13. The van der Waals surface area contributed by atoms with Gasteiger partial charge < -0.3 is 21.1 Å². The second-order valence-electron chi connectivity index (χ2n) is 4.33. The fraction of sp³-hybridized carbons (Fsp3) is 0.818. The quantitative estimate of drug-likeness (QED) is 0.521. The number of nitrogens with one attached hydrogen (secondary N) is 2. The largest absolute Gasteiger partial charge is 0.383 e. The van der Waals surface area contributed by atoms with Crippen LogP contribution >= 0.6 is 0 Å². The summed E-state index contributed by atoms with van der Waals surface area (Å²) in [5, 5.41) is 5.26. The SMILES string of the molecule is COCCNC(=O)CNC(=O)C1CCC(N)C1. The smallest absolute Gasteiger partial charge is 0.239 e. The highest BCUT2D eigenvalue weighted by Crippen LogP contribution is 2.23. The molecular formula is C11H21N3O3. The van der Waals surface area contributed by atoms with Crippen molar-refractivity contribution in [1.82, 2.24) is 10.6 Å². The van der Waals surface area contributed by atoms with Gasteiger partial charge in [0, 0.05) is 25.6 Å². The van der Waals surface area contributed by atoms with E-state index >= 15 is 0 Å². The van der Waals surface area contributed by atoms with Gasteiger partial charge in [-0.15, -0.1) is 0 Å². The van der Waals surface area contributed by atoms with Crippen molar-refractivity contribution in [1.29, 1.82) is 0 Å². The monoisotopic (exact) mass is 243 g/mol. The van der Waals surface area contributed by atoms with E-state index in [4.69, 9.17) is 10.5 Å². The zero-order valence-electron chi connectivity index (χ0n) is 10.2. The number of rotatable bonds is 6. The summed E-state index contributed by atoms with van der Waals surface area (Å²) in [6.45, 7) is 0.949. The Bertz CT molecular complexity index is 271. The van der Waals surface area contributed by atoms with Crippen molar-refractivity contribution in [2.45, 2.75) is 25.3 Å². The zero-order chi connectivity index (χ0) is 12.7. The molecule has 6 nitrogen and oxygen atoms in total. The summed E-state index contributed by atoms with van der Waals surface area (Å²) in [6.07, 6.45) is 2.42. The zero-order valence-corrected chi connectivity index (χ0v) is 10.2. The first-order valence-electron chi connectivity index (χ1n) is 5.92. The van der Waals surface area contributed by atoms with E-state index in [1.165, 1.54) is 0 Å². The lowest BCUT2D eigenvalue weighted by molar-refractivity contribution is -0.128. The summed E-state index contributed by atoms with van der Waals surface area (Å²) in [7, 11) is 1.57. The summed E-state index contributed by atoms with van der Waals surface area (Å²) in [4.78, 5) is 22.9. The van der Waals surface area contributed by atoms with Gasteiger partial charge in [0.25, 0.3) is 0 Å². The third-order valence-corrected chi connectivity index (χ3v) is 2.90. The standard InChI is InChI=1S/C11H21N3O3/c1-17-5-4-13-10(15)7-14-11(16)8-2-3-9(12)6-8/h8-9H,2-7,12H2,1H3,(H,13,15)(H,14,16). The molecule has 0 aromatic rings. The molecule has 0 saturated heterocycles. The summed E-state index contributed by atoms with van der Waals surface area (Å²) in [5.41, 5.74) is 5.73. The molecule has 0 aliphatic heterocycles. The highest BCUT2D eigenvalue weighted by Gasteiger charge is 2.27. The Kier molecular flexibility index (Phi) is 5.93. The van der Waals surface area contributed by atoms with Crippen LogP contribution in [0.4, 0.5) is 0 Å². The molecule has 2 atom stereocenters. The van der Waals surface area contributed by atoms with Crippen LogP contribution in [0.15, 0.2) is 0 Å². The van der Waals surface area contributed by atoms with Crippen LogP contribution in [-0.4, -0.2) is 44.7 Å². The number of methoxy groups -OCH3 is 1. The van der Waals surface area contributed by atoms with Gasteiger partial charge in [-0.05, 0) is 19.3 Å². The van der Waals surface area contributed by atoms with Gasteiger partial charge >= 0.3 is 0 Å². The van der Waals surface area contributed by atoms with Gasteiger partial charge in [-0.1, -0.05) is 0 Å².